The van der Waals surface area contributed by atoms with Gasteiger partial charge in [0, 0.05) is 38.5 Å². The molecule has 5 aromatic heterocycles. The Kier molecular flexibility index (Phi) is 6.47. The van der Waals surface area contributed by atoms with Gasteiger partial charge in [-0.1, -0.05) is 115 Å². The van der Waals surface area contributed by atoms with Crippen LogP contribution in [0.3, 0.4) is 0 Å². The van der Waals surface area contributed by atoms with E-state index >= 15 is 0 Å². The van der Waals surface area contributed by atoms with E-state index in [1.165, 1.54) is 0 Å². The third-order valence-corrected chi connectivity index (χ3v) is 10.6. The molecule has 12 rings (SSSR count). The van der Waals surface area contributed by atoms with E-state index < -0.39 is 0 Å². The van der Waals surface area contributed by atoms with Crippen LogP contribution in [0.25, 0.3) is 112 Å². The van der Waals surface area contributed by atoms with E-state index in [2.05, 4.69) is 63.6 Å². The highest BCUT2D eigenvalue weighted by molar-refractivity contribution is 6.13. The van der Waals surface area contributed by atoms with Crippen molar-refractivity contribution in [1.82, 2.24) is 28.9 Å². The molecule has 7 aromatic carbocycles. The number of aromatic nitrogens is 6. The number of nitrogens with zero attached hydrogens (tertiary/aromatic N) is 6. The van der Waals surface area contributed by atoms with Crippen molar-refractivity contribution in [2.24, 2.45) is 0 Å². The van der Waals surface area contributed by atoms with E-state index in [0.717, 1.165) is 94.5 Å². The molecule has 0 saturated carbocycles. The van der Waals surface area contributed by atoms with Crippen molar-refractivity contribution in [1.29, 1.82) is 0 Å². The first-order chi connectivity index (χ1) is 27.7. The van der Waals surface area contributed by atoms with Crippen LogP contribution < -0.4 is 0 Å². The standard InChI is InChI=1S/C48H28N6O2/c1-4-13-29(14-5-1)44-50-45(30-15-6-2-7-16-30)52-46(51-44)35-20-12-22-41-42(35)36-27-31(24-26-40(36)55-41)32-23-25-38-37(28-32)49-48-53(33-17-8-3-9-18-33)43-34-19-10-11-21-39(34)56-47(43)54(38)48/h1-28H. The summed E-state index contributed by atoms with van der Waals surface area (Å²) in [4.78, 5) is 20.2. The van der Waals surface area contributed by atoms with Gasteiger partial charge in [0.05, 0.1) is 11.0 Å². The maximum absolute atomic E-state index is 6.52. The van der Waals surface area contributed by atoms with E-state index in [4.69, 9.17) is 28.8 Å². The van der Waals surface area contributed by atoms with Crippen molar-refractivity contribution in [3.63, 3.8) is 0 Å². The highest BCUT2D eigenvalue weighted by Crippen LogP contribution is 2.40. The summed E-state index contributed by atoms with van der Waals surface area (Å²) in [5.41, 5.74) is 11.8. The predicted octanol–water partition coefficient (Wildman–Crippen LogP) is 11.9. The van der Waals surface area contributed by atoms with Crippen LogP contribution in [0, 0.1) is 0 Å². The Morgan fingerprint density at radius 3 is 1.82 bits per heavy atom. The minimum atomic E-state index is 0.582. The number of furan rings is 2. The van der Waals surface area contributed by atoms with Gasteiger partial charge in [-0.25, -0.2) is 24.3 Å². The van der Waals surface area contributed by atoms with Crippen molar-refractivity contribution < 1.29 is 8.83 Å². The monoisotopic (exact) mass is 720 g/mol. The van der Waals surface area contributed by atoms with Gasteiger partial charge < -0.3 is 8.83 Å². The lowest BCUT2D eigenvalue weighted by Gasteiger charge is -2.09. The van der Waals surface area contributed by atoms with E-state index in [9.17, 15) is 0 Å². The Balaban J connectivity index is 1.04. The lowest BCUT2D eigenvalue weighted by atomic mass is 10.00. The Labute approximate surface area is 318 Å². The largest absolute Gasteiger partial charge is 0.456 e. The maximum atomic E-state index is 6.52. The lowest BCUT2D eigenvalue weighted by Crippen LogP contribution is -2.00. The first-order valence-electron chi connectivity index (χ1n) is 18.5. The molecule has 0 aliphatic heterocycles. The fraction of sp³-hybridized carbons (Fsp3) is 0. The van der Waals surface area contributed by atoms with Crippen LogP contribution in [0.4, 0.5) is 0 Å². The quantitative estimate of drug-likeness (QED) is 0.176. The van der Waals surface area contributed by atoms with Crippen LogP contribution in [0.2, 0.25) is 0 Å². The Morgan fingerprint density at radius 2 is 1.05 bits per heavy atom. The molecule has 0 spiro atoms. The van der Waals surface area contributed by atoms with Crippen LogP contribution in [0.1, 0.15) is 0 Å². The van der Waals surface area contributed by atoms with Crippen molar-refractivity contribution in [3.05, 3.63) is 170 Å². The second-order valence-electron chi connectivity index (χ2n) is 13.9. The van der Waals surface area contributed by atoms with Gasteiger partial charge in [0.2, 0.25) is 11.5 Å². The smallest absolute Gasteiger partial charge is 0.232 e. The molecule has 8 heteroatoms. The van der Waals surface area contributed by atoms with E-state index in [0.29, 0.717) is 17.5 Å². The van der Waals surface area contributed by atoms with Gasteiger partial charge in [-0.2, -0.15) is 0 Å². The molecule has 0 unspecified atom stereocenters. The number of hydrogen-bond donors (Lipinski definition) is 0. The molecule has 0 fully saturated rings. The van der Waals surface area contributed by atoms with E-state index in [-0.39, 0.29) is 0 Å². The molecular weight excluding hydrogens is 693 g/mol. The zero-order valence-electron chi connectivity index (χ0n) is 29.7. The molecule has 0 amide bonds. The van der Waals surface area contributed by atoms with Crippen molar-refractivity contribution in [3.8, 4) is 51.0 Å². The Bertz CT molecular complexity index is 3410. The summed E-state index contributed by atoms with van der Waals surface area (Å²) in [6, 6.07) is 57.4. The van der Waals surface area contributed by atoms with E-state index in [1.807, 2.05) is 115 Å². The molecule has 0 aliphatic rings. The van der Waals surface area contributed by atoms with Gasteiger partial charge in [0.25, 0.3) is 0 Å². The molecule has 262 valence electrons. The molecule has 0 saturated heterocycles. The maximum Gasteiger partial charge on any atom is 0.232 e. The molecule has 0 bridgehead atoms. The SMILES string of the molecule is c1ccc(-c2nc(-c3ccccc3)nc(-c3cccc4oc5ccc(-c6ccc7c(c6)nc6n(-c8ccccc8)c8c9ccccc9oc8n76)cc5c34)n2)cc1. The fourth-order valence-electron chi connectivity index (χ4n) is 8.03. The molecule has 0 atom stereocenters. The van der Waals surface area contributed by atoms with E-state index in [1.54, 1.807) is 0 Å². The number of hydrogen-bond acceptors (Lipinski definition) is 6. The number of imidazole rings is 2. The van der Waals surface area contributed by atoms with Gasteiger partial charge >= 0.3 is 0 Å². The molecule has 0 N–H and O–H groups in total. The normalized spacial score (nSPS) is 11.9. The van der Waals surface area contributed by atoms with Crippen molar-refractivity contribution in [2.45, 2.75) is 0 Å². The number of rotatable bonds is 5. The van der Waals surface area contributed by atoms with Crippen LogP contribution in [0.15, 0.2) is 179 Å². The second kappa shape index (κ2) is 11.8. The molecule has 0 aliphatic carbocycles. The van der Waals surface area contributed by atoms with Gasteiger partial charge in [-0.3, -0.25) is 4.57 Å². The third-order valence-electron chi connectivity index (χ3n) is 10.6. The summed E-state index contributed by atoms with van der Waals surface area (Å²) < 4.78 is 17.3. The molecular formula is C48H28N6O2. The molecule has 12 aromatic rings. The van der Waals surface area contributed by atoms with Gasteiger partial charge in [-0.05, 0) is 65.7 Å². The zero-order chi connectivity index (χ0) is 36.7. The number of fused-ring (bicyclic) bond motifs is 10. The Morgan fingerprint density at radius 1 is 0.429 bits per heavy atom. The predicted molar refractivity (Wildman–Crippen MR) is 222 cm³/mol. The number of para-hydroxylation sites is 2. The summed E-state index contributed by atoms with van der Waals surface area (Å²) in [5.74, 6) is 2.60. The van der Waals surface area contributed by atoms with Gasteiger partial charge in [0.15, 0.2) is 17.5 Å². The van der Waals surface area contributed by atoms with Gasteiger partial charge in [0.1, 0.15) is 22.3 Å². The summed E-state index contributed by atoms with van der Waals surface area (Å²) in [6.07, 6.45) is 0. The zero-order valence-corrected chi connectivity index (χ0v) is 29.7. The minimum Gasteiger partial charge on any atom is -0.456 e. The topological polar surface area (TPSA) is 87.2 Å². The van der Waals surface area contributed by atoms with Crippen LogP contribution in [0.5, 0.6) is 0 Å². The molecule has 56 heavy (non-hydrogen) atoms. The first-order valence-corrected chi connectivity index (χ1v) is 18.5. The van der Waals surface area contributed by atoms with Gasteiger partial charge in [-0.15, -0.1) is 0 Å². The molecule has 8 nitrogen and oxygen atoms in total. The lowest BCUT2D eigenvalue weighted by molar-refractivity contribution is 0.651. The van der Waals surface area contributed by atoms with Crippen LogP contribution in [-0.2, 0) is 0 Å². The molecule has 5 heterocycles. The van der Waals surface area contributed by atoms with Crippen LogP contribution in [-0.4, -0.2) is 28.9 Å². The average molecular weight is 721 g/mol. The average Bonchev–Trinajstić information content (AvgIpc) is 4.01. The minimum absolute atomic E-state index is 0.582. The summed E-state index contributed by atoms with van der Waals surface area (Å²) in [5, 5.41) is 2.98. The highest BCUT2D eigenvalue weighted by atomic mass is 16.3. The fourth-order valence-corrected chi connectivity index (χ4v) is 8.03. The molecule has 0 radical (unpaired) electrons. The second-order valence-corrected chi connectivity index (χ2v) is 13.9. The third kappa shape index (κ3) is 4.59. The summed E-state index contributed by atoms with van der Waals surface area (Å²) in [7, 11) is 0. The highest BCUT2D eigenvalue weighted by Gasteiger charge is 2.24. The van der Waals surface area contributed by atoms with Crippen molar-refractivity contribution >= 4 is 60.9 Å². The Hall–Kier alpha value is -7.84. The van der Waals surface area contributed by atoms with Crippen molar-refractivity contribution in [2.75, 3.05) is 0 Å². The summed E-state index contributed by atoms with van der Waals surface area (Å²) >= 11 is 0. The number of benzene rings is 7. The first kappa shape index (κ1) is 30.6. The van der Waals surface area contributed by atoms with Crippen LogP contribution >= 0.6 is 0 Å². The summed E-state index contributed by atoms with van der Waals surface area (Å²) in [6.45, 7) is 0.